The van der Waals surface area contributed by atoms with Crippen molar-refractivity contribution in [1.29, 1.82) is 0 Å². The molecule has 5 heteroatoms. The Morgan fingerprint density at radius 3 is 3.05 bits per heavy atom. The Kier molecular flexibility index (Phi) is 2.15. The summed E-state index contributed by atoms with van der Waals surface area (Å²) >= 11 is 0. The van der Waals surface area contributed by atoms with Gasteiger partial charge < -0.3 is 14.6 Å². The van der Waals surface area contributed by atoms with Crippen molar-refractivity contribution in [3.8, 4) is 11.5 Å². The lowest BCUT2D eigenvalue weighted by atomic mass is 9.54. The molecular weight excluding hydrogens is 282 g/mol. The second-order valence-electron chi connectivity index (χ2n) is 7.13. The van der Waals surface area contributed by atoms with Gasteiger partial charge in [0.1, 0.15) is 0 Å². The van der Waals surface area contributed by atoms with Gasteiger partial charge in [-0.05, 0) is 31.5 Å². The van der Waals surface area contributed by atoms with Crippen LogP contribution in [0.25, 0.3) is 0 Å². The average molecular weight is 301 g/mol. The Morgan fingerprint density at radius 1 is 1.45 bits per heavy atom. The van der Waals surface area contributed by atoms with Gasteiger partial charge in [0.05, 0.1) is 18.1 Å². The Balaban J connectivity index is 1.87. The summed E-state index contributed by atoms with van der Waals surface area (Å²) < 4.78 is 11.6. The van der Waals surface area contributed by atoms with Crippen LogP contribution in [0.15, 0.2) is 12.1 Å². The predicted molar refractivity (Wildman–Crippen MR) is 78.4 cm³/mol. The van der Waals surface area contributed by atoms with Crippen molar-refractivity contribution in [2.24, 2.45) is 0 Å². The molecular formula is C17H19NO4. The van der Waals surface area contributed by atoms with Crippen molar-refractivity contribution in [2.45, 2.75) is 42.4 Å². The molecule has 4 atom stereocenters. The summed E-state index contributed by atoms with van der Waals surface area (Å²) in [6.45, 7) is 0.664. The molecule has 0 radical (unpaired) electrons. The second-order valence-corrected chi connectivity index (χ2v) is 7.13. The number of ketones is 1. The average Bonchev–Trinajstić information content (AvgIpc) is 2.90. The van der Waals surface area contributed by atoms with E-state index in [1.165, 1.54) is 5.56 Å². The van der Waals surface area contributed by atoms with Gasteiger partial charge in [-0.3, -0.25) is 9.69 Å². The molecule has 5 nitrogen and oxygen atoms in total. The largest absolute Gasteiger partial charge is 0.493 e. The highest BCUT2D eigenvalue weighted by molar-refractivity contribution is 5.90. The minimum atomic E-state index is -0.884. The molecule has 2 aliphatic carbocycles. The SMILES string of the molecule is COc1ccc2c3c1O[C@H]1C(=O)CC[C@@]4(O)[C@@H](C2)N(C)C[C@]314. The smallest absolute Gasteiger partial charge is 0.174 e. The zero-order valence-electron chi connectivity index (χ0n) is 12.8. The number of rotatable bonds is 1. The highest BCUT2D eigenvalue weighted by atomic mass is 16.5. The summed E-state index contributed by atoms with van der Waals surface area (Å²) in [6.07, 6.45) is 1.13. The Hall–Kier alpha value is -1.59. The number of likely N-dealkylation sites (N-methyl/N-ethyl adjacent to an activating group) is 1. The maximum Gasteiger partial charge on any atom is 0.174 e. The first-order valence-electron chi connectivity index (χ1n) is 7.85. The lowest BCUT2D eigenvalue weighted by molar-refractivity contribution is -0.147. The van der Waals surface area contributed by atoms with Gasteiger partial charge in [0.15, 0.2) is 23.4 Å². The fourth-order valence-corrected chi connectivity index (χ4v) is 5.51. The molecule has 1 saturated heterocycles. The summed E-state index contributed by atoms with van der Waals surface area (Å²) in [5.41, 5.74) is 0.699. The molecule has 2 fully saturated rings. The van der Waals surface area contributed by atoms with Crippen molar-refractivity contribution < 1.29 is 19.4 Å². The summed E-state index contributed by atoms with van der Waals surface area (Å²) in [5, 5.41) is 11.6. The monoisotopic (exact) mass is 301 g/mol. The standard InChI is InChI=1S/C17H19NO4/c1-18-8-16-13-9-3-4-11(21-2)14(13)22-15(16)10(19)5-6-17(16,20)12(18)7-9/h3-4,12,15,20H,5-8H2,1-2H3/t12-,15+,16+,17-/m1/s1. The van der Waals surface area contributed by atoms with Crippen LogP contribution in [-0.2, 0) is 16.6 Å². The lowest BCUT2D eigenvalue weighted by Gasteiger charge is -2.50. The van der Waals surface area contributed by atoms with Crippen molar-refractivity contribution in [3.63, 3.8) is 0 Å². The number of carbonyl (C=O) groups is 1. The predicted octanol–water partition coefficient (Wildman–Crippen LogP) is 0.658. The van der Waals surface area contributed by atoms with E-state index in [2.05, 4.69) is 11.0 Å². The molecule has 5 rings (SSSR count). The number of hydrogen-bond acceptors (Lipinski definition) is 5. The third kappa shape index (κ3) is 1.09. The van der Waals surface area contributed by atoms with Crippen LogP contribution in [-0.4, -0.2) is 54.2 Å². The quantitative estimate of drug-likeness (QED) is 0.826. The van der Waals surface area contributed by atoms with E-state index in [0.29, 0.717) is 30.9 Å². The minimum Gasteiger partial charge on any atom is -0.493 e. The third-order valence-electron chi connectivity index (χ3n) is 6.37. The molecule has 0 aromatic heterocycles. The topological polar surface area (TPSA) is 59.0 Å². The highest BCUT2D eigenvalue weighted by Crippen LogP contribution is 2.64. The van der Waals surface area contributed by atoms with Gasteiger partial charge in [-0.2, -0.15) is 0 Å². The molecule has 2 heterocycles. The third-order valence-corrected chi connectivity index (χ3v) is 6.37. The molecule has 22 heavy (non-hydrogen) atoms. The molecule has 1 N–H and O–H groups in total. The molecule has 0 unspecified atom stereocenters. The maximum absolute atomic E-state index is 12.6. The molecule has 2 bridgehead atoms. The number of hydrogen-bond donors (Lipinski definition) is 1. The summed E-state index contributed by atoms with van der Waals surface area (Å²) in [6, 6.07) is 4.03. The Bertz CT molecular complexity index is 717. The molecule has 0 amide bonds. The van der Waals surface area contributed by atoms with E-state index >= 15 is 0 Å². The molecule has 2 aliphatic heterocycles. The van der Waals surface area contributed by atoms with Crippen LogP contribution in [0.5, 0.6) is 11.5 Å². The molecule has 116 valence electrons. The maximum atomic E-state index is 12.6. The number of methoxy groups -OCH3 is 1. The Labute approximate surface area is 128 Å². The van der Waals surface area contributed by atoms with Gasteiger partial charge in [0, 0.05) is 24.6 Å². The van der Waals surface area contributed by atoms with Crippen molar-refractivity contribution in [3.05, 3.63) is 23.3 Å². The molecule has 1 saturated carbocycles. The summed E-state index contributed by atoms with van der Waals surface area (Å²) in [7, 11) is 3.65. The van der Waals surface area contributed by atoms with Gasteiger partial charge in [0.2, 0.25) is 0 Å². The zero-order valence-corrected chi connectivity index (χ0v) is 12.8. The van der Waals surface area contributed by atoms with Crippen LogP contribution >= 0.6 is 0 Å². The van der Waals surface area contributed by atoms with Gasteiger partial charge in [0.25, 0.3) is 0 Å². The van der Waals surface area contributed by atoms with Crippen molar-refractivity contribution >= 4 is 5.78 Å². The summed E-state index contributed by atoms with van der Waals surface area (Å²) in [4.78, 5) is 14.8. The van der Waals surface area contributed by atoms with Crippen LogP contribution < -0.4 is 9.47 Å². The first-order chi connectivity index (χ1) is 10.5. The number of nitrogens with zero attached hydrogens (tertiary/aromatic N) is 1. The minimum absolute atomic E-state index is 0.0542. The number of Topliss-reactive ketones (excluding diaryl/α,β-unsaturated/α-hetero) is 1. The molecule has 1 aromatic rings. The van der Waals surface area contributed by atoms with Gasteiger partial charge in [-0.15, -0.1) is 0 Å². The zero-order chi connectivity index (χ0) is 15.3. The molecule has 1 spiro atoms. The fourth-order valence-electron chi connectivity index (χ4n) is 5.51. The first kappa shape index (κ1) is 12.9. The normalized spacial score (nSPS) is 41.3. The van der Waals surface area contributed by atoms with E-state index in [1.54, 1.807) is 7.11 Å². The molecule has 4 aliphatic rings. The molecule has 1 aromatic carbocycles. The highest BCUT2D eigenvalue weighted by Gasteiger charge is 2.75. The number of likely N-dealkylation sites (tertiary alicyclic amines) is 1. The first-order valence-corrected chi connectivity index (χ1v) is 7.85. The van der Waals surface area contributed by atoms with Crippen LogP contribution in [0.1, 0.15) is 24.0 Å². The van der Waals surface area contributed by atoms with E-state index in [-0.39, 0.29) is 11.8 Å². The van der Waals surface area contributed by atoms with Crippen LogP contribution in [0.2, 0.25) is 0 Å². The van der Waals surface area contributed by atoms with Gasteiger partial charge in [-0.1, -0.05) is 6.07 Å². The lowest BCUT2D eigenvalue weighted by Crippen LogP contribution is -2.66. The van der Waals surface area contributed by atoms with Gasteiger partial charge >= 0.3 is 0 Å². The van der Waals surface area contributed by atoms with Gasteiger partial charge in [-0.25, -0.2) is 0 Å². The van der Waals surface area contributed by atoms with E-state index in [9.17, 15) is 9.90 Å². The van der Waals surface area contributed by atoms with Crippen molar-refractivity contribution in [2.75, 3.05) is 20.7 Å². The van der Waals surface area contributed by atoms with E-state index in [1.807, 2.05) is 13.1 Å². The van der Waals surface area contributed by atoms with E-state index in [0.717, 1.165) is 12.0 Å². The second kappa shape index (κ2) is 3.66. The van der Waals surface area contributed by atoms with Crippen molar-refractivity contribution in [1.82, 2.24) is 4.90 Å². The van der Waals surface area contributed by atoms with E-state index < -0.39 is 17.1 Å². The summed E-state index contributed by atoms with van der Waals surface area (Å²) in [5.74, 6) is 1.43. The van der Waals surface area contributed by atoms with Crippen LogP contribution in [0.3, 0.4) is 0 Å². The fraction of sp³-hybridized carbons (Fsp3) is 0.588. The number of carbonyl (C=O) groups excluding carboxylic acids is 1. The number of ether oxygens (including phenoxy) is 2. The van der Waals surface area contributed by atoms with Crippen LogP contribution in [0, 0.1) is 0 Å². The van der Waals surface area contributed by atoms with Crippen LogP contribution in [0.4, 0.5) is 0 Å². The Morgan fingerprint density at radius 2 is 2.27 bits per heavy atom. The van der Waals surface area contributed by atoms with E-state index in [4.69, 9.17) is 9.47 Å². The number of benzene rings is 1. The number of aliphatic hydroxyl groups is 1.